The molecule has 2 aromatic heterocycles. The Kier molecular flexibility index (Phi) is 7.12. The van der Waals surface area contributed by atoms with Gasteiger partial charge in [0.15, 0.2) is 5.58 Å². The van der Waals surface area contributed by atoms with Gasteiger partial charge in [0.2, 0.25) is 0 Å². The molecule has 294 valence electrons. The van der Waals surface area contributed by atoms with E-state index in [1.807, 2.05) is 11.3 Å². The number of hydrogen-bond donors (Lipinski definition) is 0. The summed E-state index contributed by atoms with van der Waals surface area (Å²) in [5.41, 5.74) is 14.7. The van der Waals surface area contributed by atoms with Crippen LogP contribution in [0.5, 0.6) is 0 Å². The molecule has 0 atom stereocenters. The van der Waals surface area contributed by atoms with Gasteiger partial charge in [-0.3, -0.25) is 0 Å². The van der Waals surface area contributed by atoms with E-state index in [0.29, 0.717) is 0 Å². The summed E-state index contributed by atoms with van der Waals surface area (Å²) in [6.45, 7) is 4.82. The monoisotopic (exact) mass is 818 g/mol. The zero-order valence-corrected chi connectivity index (χ0v) is 35.6. The lowest BCUT2D eigenvalue weighted by Gasteiger charge is -2.23. The molecule has 0 fully saturated rings. The smallest absolute Gasteiger partial charge is 0.153 e. The van der Waals surface area contributed by atoms with Gasteiger partial charge in [-0.15, -0.1) is 11.3 Å². The average molecular weight is 819 g/mol. The average Bonchev–Trinajstić information content (AvgIpc) is 3.98. The number of rotatable bonds is 3. The van der Waals surface area contributed by atoms with Gasteiger partial charge in [-0.1, -0.05) is 178 Å². The van der Waals surface area contributed by atoms with E-state index >= 15 is 0 Å². The molecule has 0 spiro atoms. The summed E-state index contributed by atoms with van der Waals surface area (Å²) in [6, 6.07) is 72.3. The quantitative estimate of drug-likeness (QED) is 0.162. The molecule has 2 heteroatoms. The molecule has 13 aromatic rings. The maximum Gasteiger partial charge on any atom is 0.153 e. The van der Waals surface area contributed by atoms with Crippen molar-refractivity contribution >= 4 is 96.5 Å². The third-order valence-electron chi connectivity index (χ3n) is 14.2. The summed E-state index contributed by atoms with van der Waals surface area (Å²) in [6.07, 6.45) is 0. The zero-order valence-electron chi connectivity index (χ0n) is 34.8. The highest BCUT2D eigenvalue weighted by atomic mass is 32.1. The molecule has 0 saturated heterocycles. The number of benzene rings is 11. The first kappa shape index (κ1) is 35.1. The Morgan fingerprint density at radius 1 is 0.381 bits per heavy atom. The highest BCUT2D eigenvalue weighted by molar-refractivity contribution is 7.26. The van der Waals surface area contributed by atoms with Crippen molar-refractivity contribution in [1.82, 2.24) is 0 Å². The van der Waals surface area contributed by atoms with Gasteiger partial charge in [-0.2, -0.15) is 0 Å². The minimum absolute atomic E-state index is 0.201. The number of hydrogen-bond acceptors (Lipinski definition) is 2. The Morgan fingerprint density at radius 2 is 0.905 bits per heavy atom. The van der Waals surface area contributed by atoms with E-state index in [1.54, 1.807) is 0 Å². The van der Waals surface area contributed by atoms with Crippen LogP contribution in [0.25, 0.3) is 130 Å². The Morgan fingerprint density at radius 3 is 1.62 bits per heavy atom. The van der Waals surface area contributed by atoms with Crippen molar-refractivity contribution in [3.8, 4) is 44.5 Å². The van der Waals surface area contributed by atoms with Crippen molar-refractivity contribution in [2.45, 2.75) is 19.3 Å². The van der Waals surface area contributed by atoms with E-state index in [0.717, 1.165) is 11.2 Å². The van der Waals surface area contributed by atoms with Crippen molar-refractivity contribution in [2.24, 2.45) is 0 Å². The lowest BCUT2D eigenvalue weighted by atomic mass is 9.80. The SMILES string of the molecule is CC1(C)c2cc(-c3ccc4sc5c6oc7ccccc7c6c6ccccc6c5c4c3)ccc2-c2ccc(-c3c4ccccc4c(-c4cccc5ccccc45)c4ccccc34)cc21. The van der Waals surface area contributed by atoms with Gasteiger partial charge >= 0.3 is 0 Å². The van der Waals surface area contributed by atoms with Crippen LogP contribution in [0.1, 0.15) is 25.0 Å². The number of thiophene rings is 1. The van der Waals surface area contributed by atoms with Crippen LogP contribution in [-0.2, 0) is 5.41 Å². The van der Waals surface area contributed by atoms with E-state index in [1.165, 1.54) is 130 Å². The van der Waals surface area contributed by atoms with E-state index in [-0.39, 0.29) is 5.41 Å². The molecule has 2 heterocycles. The van der Waals surface area contributed by atoms with E-state index in [4.69, 9.17) is 4.42 Å². The minimum Gasteiger partial charge on any atom is -0.455 e. The summed E-state index contributed by atoms with van der Waals surface area (Å²) in [5, 5.41) is 15.1. The van der Waals surface area contributed by atoms with Crippen molar-refractivity contribution in [3.63, 3.8) is 0 Å². The van der Waals surface area contributed by atoms with Crippen LogP contribution in [0.15, 0.2) is 199 Å². The Balaban J connectivity index is 0.917. The fourth-order valence-corrected chi connectivity index (χ4v) is 12.5. The van der Waals surface area contributed by atoms with Gasteiger partial charge in [0, 0.05) is 31.7 Å². The van der Waals surface area contributed by atoms with Crippen LogP contribution < -0.4 is 0 Å². The predicted octanol–water partition coefficient (Wildman–Crippen LogP) is 17.9. The lowest BCUT2D eigenvalue weighted by Crippen LogP contribution is -2.15. The predicted molar refractivity (Wildman–Crippen MR) is 271 cm³/mol. The van der Waals surface area contributed by atoms with Crippen LogP contribution in [0, 0.1) is 0 Å². The molecule has 1 aliphatic carbocycles. The summed E-state index contributed by atoms with van der Waals surface area (Å²) in [4.78, 5) is 0. The summed E-state index contributed by atoms with van der Waals surface area (Å²) >= 11 is 1.84. The zero-order chi connectivity index (χ0) is 41.6. The molecular weight excluding hydrogens is 781 g/mol. The Bertz CT molecular complexity index is 4060. The molecule has 0 bridgehead atoms. The number of furan rings is 1. The highest BCUT2D eigenvalue weighted by Crippen LogP contribution is 2.53. The summed E-state index contributed by atoms with van der Waals surface area (Å²) < 4.78 is 9.14. The van der Waals surface area contributed by atoms with E-state index in [2.05, 4.69) is 208 Å². The van der Waals surface area contributed by atoms with E-state index < -0.39 is 0 Å². The molecule has 14 rings (SSSR count). The first-order valence-corrected chi connectivity index (χ1v) is 22.7. The molecule has 1 aliphatic rings. The van der Waals surface area contributed by atoms with Crippen molar-refractivity contribution in [3.05, 3.63) is 205 Å². The van der Waals surface area contributed by atoms with E-state index in [9.17, 15) is 0 Å². The second-order valence-electron chi connectivity index (χ2n) is 17.9. The highest BCUT2D eigenvalue weighted by Gasteiger charge is 2.36. The van der Waals surface area contributed by atoms with Crippen LogP contribution in [-0.4, -0.2) is 0 Å². The van der Waals surface area contributed by atoms with Crippen LogP contribution >= 0.6 is 11.3 Å². The molecular formula is C61H38OS. The number of para-hydroxylation sites is 1. The fourth-order valence-electron chi connectivity index (χ4n) is 11.3. The molecule has 1 nitrogen and oxygen atoms in total. The molecule has 0 radical (unpaired) electrons. The molecule has 63 heavy (non-hydrogen) atoms. The first-order valence-electron chi connectivity index (χ1n) is 21.9. The maximum absolute atomic E-state index is 6.65. The third kappa shape index (κ3) is 4.82. The van der Waals surface area contributed by atoms with Crippen molar-refractivity contribution in [2.75, 3.05) is 0 Å². The van der Waals surface area contributed by atoms with Crippen molar-refractivity contribution in [1.29, 1.82) is 0 Å². The largest absolute Gasteiger partial charge is 0.455 e. The fraction of sp³-hybridized carbons (Fsp3) is 0.0492. The molecule has 0 unspecified atom stereocenters. The summed E-state index contributed by atoms with van der Waals surface area (Å²) in [7, 11) is 0. The lowest BCUT2D eigenvalue weighted by molar-refractivity contribution is 0.661. The van der Waals surface area contributed by atoms with Gasteiger partial charge in [-0.05, 0) is 129 Å². The second-order valence-corrected chi connectivity index (χ2v) is 18.9. The van der Waals surface area contributed by atoms with Gasteiger partial charge < -0.3 is 4.42 Å². The molecule has 0 amide bonds. The minimum atomic E-state index is -0.201. The van der Waals surface area contributed by atoms with Gasteiger partial charge in [0.25, 0.3) is 0 Å². The number of fused-ring (bicyclic) bond motifs is 16. The Hall–Kier alpha value is -7.52. The second kappa shape index (κ2) is 12.8. The van der Waals surface area contributed by atoms with Crippen LogP contribution in [0.2, 0.25) is 0 Å². The third-order valence-corrected chi connectivity index (χ3v) is 15.4. The molecule has 11 aromatic carbocycles. The van der Waals surface area contributed by atoms with Gasteiger partial charge in [-0.25, -0.2) is 0 Å². The molecule has 0 N–H and O–H groups in total. The summed E-state index contributed by atoms with van der Waals surface area (Å²) in [5.74, 6) is 0. The maximum atomic E-state index is 6.65. The topological polar surface area (TPSA) is 13.1 Å². The van der Waals surface area contributed by atoms with Crippen LogP contribution in [0.4, 0.5) is 0 Å². The Labute approximate surface area is 368 Å². The molecule has 0 aliphatic heterocycles. The van der Waals surface area contributed by atoms with Crippen molar-refractivity contribution < 1.29 is 4.42 Å². The first-order chi connectivity index (χ1) is 31.0. The normalized spacial score (nSPS) is 13.4. The van der Waals surface area contributed by atoms with Crippen LogP contribution in [0.3, 0.4) is 0 Å². The van der Waals surface area contributed by atoms with Gasteiger partial charge in [0.1, 0.15) is 5.58 Å². The van der Waals surface area contributed by atoms with Gasteiger partial charge in [0.05, 0.1) is 4.70 Å². The standard InChI is InChI=1S/C61H38OS/c1-61(2)51-33-37(36-28-31-54-50(32-36)58-48-22-10-9-21-47(48)57-49-23-11-12-25-53(49)62-59(57)60(58)63-54)26-29-40(51)41-30-27-38(34-52(41)61)55-43-17-5-7-19-45(43)56(46-20-8-6-18-44(46)55)42-24-13-15-35-14-3-4-16-39(35)42/h3-34H,1-2H3. The molecule has 0 saturated carbocycles.